The molecule has 0 bridgehead atoms. The van der Waals surface area contributed by atoms with Gasteiger partial charge in [-0.3, -0.25) is 4.79 Å². The maximum atomic E-state index is 14.0. The van der Waals surface area contributed by atoms with Crippen LogP contribution in [0.4, 0.5) is 10.1 Å². The maximum absolute atomic E-state index is 14.0. The van der Waals surface area contributed by atoms with E-state index in [4.69, 9.17) is 4.74 Å². The van der Waals surface area contributed by atoms with Crippen LogP contribution in [0.5, 0.6) is 0 Å². The number of hydrogen-bond donors (Lipinski definition) is 0. The first-order chi connectivity index (χ1) is 19.0. The van der Waals surface area contributed by atoms with Gasteiger partial charge < -0.3 is 14.5 Å². The zero-order valence-corrected chi connectivity index (χ0v) is 22.5. The van der Waals surface area contributed by atoms with Crippen molar-refractivity contribution in [2.75, 3.05) is 43.9 Å². The predicted octanol–water partition coefficient (Wildman–Crippen LogP) is 4.93. The van der Waals surface area contributed by atoms with Crippen molar-refractivity contribution in [1.82, 2.24) is 19.7 Å². The molecule has 0 atom stereocenters. The number of carbonyl (C=O) groups excluding carboxylic acids is 2. The van der Waals surface area contributed by atoms with E-state index in [0.29, 0.717) is 43.1 Å². The molecule has 1 saturated heterocycles. The molecule has 39 heavy (non-hydrogen) atoms. The first-order valence-corrected chi connectivity index (χ1v) is 13.9. The summed E-state index contributed by atoms with van der Waals surface area (Å²) in [5.41, 5.74) is 3.79. The maximum Gasteiger partial charge on any atom is 0.358 e. The van der Waals surface area contributed by atoms with E-state index < -0.39 is 11.8 Å². The van der Waals surface area contributed by atoms with E-state index in [-0.39, 0.29) is 18.2 Å². The molecule has 0 aliphatic carbocycles. The highest BCUT2D eigenvalue weighted by atomic mass is 32.2. The van der Waals surface area contributed by atoms with E-state index in [9.17, 15) is 14.0 Å². The van der Waals surface area contributed by atoms with Gasteiger partial charge in [0.05, 0.1) is 23.6 Å². The summed E-state index contributed by atoms with van der Waals surface area (Å²) < 4.78 is 20.7. The van der Waals surface area contributed by atoms with Crippen LogP contribution in [-0.2, 0) is 4.74 Å². The third kappa shape index (κ3) is 5.65. The smallest absolute Gasteiger partial charge is 0.358 e. The molecule has 3 heterocycles. The first kappa shape index (κ1) is 26.4. The number of rotatable bonds is 7. The molecule has 200 valence electrons. The van der Waals surface area contributed by atoms with Gasteiger partial charge in [-0.2, -0.15) is 5.10 Å². The summed E-state index contributed by atoms with van der Waals surface area (Å²) in [6, 6.07) is 19.3. The van der Waals surface area contributed by atoms with Crippen LogP contribution < -0.4 is 4.90 Å². The molecule has 2 aromatic heterocycles. The number of piperazine rings is 1. The number of thioether (sulfide) groups is 1. The summed E-state index contributed by atoms with van der Waals surface area (Å²) in [4.78, 5) is 33.9. The Hall–Kier alpha value is -4.18. The molecule has 1 aliphatic rings. The van der Waals surface area contributed by atoms with Gasteiger partial charge in [0.25, 0.3) is 5.91 Å². The fourth-order valence-corrected chi connectivity index (χ4v) is 5.14. The summed E-state index contributed by atoms with van der Waals surface area (Å²) in [5, 5.41) is 5.15. The van der Waals surface area contributed by atoms with Crippen molar-refractivity contribution >= 4 is 29.3 Å². The molecule has 0 spiro atoms. The number of nitrogens with zero attached hydrogens (tertiary/aromatic N) is 5. The van der Waals surface area contributed by atoms with Crippen molar-refractivity contribution in [3.05, 3.63) is 90.0 Å². The molecule has 4 aromatic rings. The van der Waals surface area contributed by atoms with Crippen molar-refractivity contribution in [1.29, 1.82) is 0 Å². The van der Waals surface area contributed by atoms with E-state index in [1.54, 1.807) is 42.1 Å². The number of amides is 1. The largest absolute Gasteiger partial charge is 0.461 e. The number of halogens is 1. The zero-order chi connectivity index (χ0) is 27.4. The lowest BCUT2D eigenvalue weighted by atomic mass is 10.1. The minimum absolute atomic E-state index is 0.00506. The lowest BCUT2D eigenvalue weighted by molar-refractivity contribution is 0.0518. The lowest BCUT2D eigenvalue weighted by Gasteiger charge is -2.36. The first-order valence-electron chi connectivity index (χ1n) is 12.6. The molecule has 5 rings (SSSR count). The van der Waals surface area contributed by atoms with Crippen molar-refractivity contribution in [3.63, 3.8) is 0 Å². The highest BCUT2D eigenvalue weighted by molar-refractivity contribution is 7.98. The van der Waals surface area contributed by atoms with E-state index in [0.717, 1.165) is 16.3 Å². The van der Waals surface area contributed by atoms with Crippen molar-refractivity contribution in [2.45, 2.75) is 11.9 Å². The number of carbonyl (C=O) groups is 2. The van der Waals surface area contributed by atoms with E-state index in [1.165, 1.54) is 23.9 Å². The molecule has 1 fully saturated rings. The number of aromatic nitrogens is 3. The second kappa shape index (κ2) is 11.7. The molecular weight excluding hydrogens is 517 g/mol. The highest BCUT2D eigenvalue weighted by Gasteiger charge is 2.25. The SMILES string of the molecule is CCOC(=O)c1cc(-c2ccc(N3CCN(C(=O)c4cccnc4SC)CC3)cc2)n(-c2cccc(F)c2)n1. The Labute approximate surface area is 230 Å². The third-order valence-corrected chi connectivity index (χ3v) is 7.25. The molecule has 10 heteroatoms. The average Bonchev–Trinajstić information content (AvgIpc) is 3.43. The quantitative estimate of drug-likeness (QED) is 0.241. The van der Waals surface area contributed by atoms with Crippen molar-refractivity contribution < 1.29 is 18.7 Å². The Bertz CT molecular complexity index is 1480. The Morgan fingerprint density at radius 1 is 0.974 bits per heavy atom. The standard InChI is InChI=1S/C29H28FN5O3S/c1-3-38-29(37)25-19-26(35(32-25)23-7-4-6-21(30)18-23)20-9-11-22(12-10-20)33-14-16-34(17-15-33)28(36)24-8-5-13-31-27(24)39-2/h4-13,18-19H,3,14-17H2,1-2H3. The number of ether oxygens (including phenoxy) is 1. The third-order valence-electron chi connectivity index (χ3n) is 6.54. The Balaban J connectivity index is 1.34. The highest BCUT2D eigenvalue weighted by Crippen LogP contribution is 2.28. The topological polar surface area (TPSA) is 80.6 Å². The second-order valence-corrected chi connectivity index (χ2v) is 9.71. The van der Waals surface area contributed by atoms with Crippen LogP contribution in [0.2, 0.25) is 0 Å². The van der Waals surface area contributed by atoms with E-state index in [1.807, 2.05) is 41.5 Å². The van der Waals surface area contributed by atoms with Crippen LogP contribution in [0.3, 0.4) is 0 Å². The van der Waals surface area contributed by atoms with Crippen molar-refractivity contribution in [2.24, 2.45) is 0 Å². The van der Waals surface area contributed by atoms with Crippen molar-refractivity contribution in [3.8, 4) is 16.9 Å². The molecule has 1 aliphatic heterocycles. The van der Waals surface area contributed by atoms with Crippen LogP contribution in [-0.4, -0.2) is 70.6 Å². The van der Waals surface area contributed by atoms with E-state index >= 15 is 0 Å². The van der Waals surface area contributed by atoms with Gasteiger partial charge in [0.2, 0.25) is 0 Å². The second-order valence-electron chi connectivity index (χ2n) is 8.91. The number of pyridine rings is 1. The fourth-order valence-electron chi connectivity index (χ4n) is 4.59. The van der Waals surface area contributed by atoms with E-state index in [2.05, 4.69) is 15.0 Å². The van der Waals surface area contributed by atoms with Gasteiger partial charge in [-0.05, 0) is 61.7 Å². The van der Waals surface area contributed by atoms with Crippen LogP contribution in [0.15, 0.2) is 78.0 Å². The van der Waals surface area contributed by atoms with Gasteiger partial charge >= 0.3 is 5.97 Å². The average molecular weight is 546 g/mol. The number of benzene rings is 2. The van der Waals surface area contributed by atoms with Gasteiger partial charge in [0, 0.05) is 43.6 Å². The Morgan fingerprint density at radius 2 is 1.74 bits per heavy atom. The summed E-state index contributed by atoms with van der Waals surface area (Å²) in [6.07, 6.45) is 3.62. The lowest BCUT2D eigenvalue weighted by Crippen LogP contribution is -2.48. The van der Waals surface area contributed by atoms with Crippen LogP contribution in [0.25, 0.3) is 16.9 Å². The summed E-state index contributed by atoms with van der Waals surface area (Å²) in [5.74, 6) is -0.924. The minimum Gasteiger partial charge on any atom is -0.461 e. The molecular formula is C29H28FN5O3S. The van der Waals surface area contributed by atoms with Crippen LogP contribution >= 0.6 is 11.8 Å². The van der Waals surface area contributed by atoms with Gasteiger partial charge in [-0.15, -0.1) is 11.8 Å². The van der Waals surface area contributed by atoms with Gasteiger partial charge in [-0.1, -0.05) is 18.2 Å². The van der Waals surface area contributed by atoms with Gasteiger partial charge in [-0.25, -0.2) is 18.9 Å². The molecule has 2 aromatic carbocycles. The molecule has 0 unspecified atom stereocenters. The molecule has 0 saturated carbocycles. The minimum atomic E-state index is -0.533. The molecule has 8 nitrogen and oxygen atoms in total. The Kier molecular flexibility index (Phi) is 7.92. The number of anilines is 1. The number of hydrogen-bond acceptors (Lipinski definition) is 7. The van der Waals surface area contributed by atoms with Crippen LogP contribution in [0, 0.1) is 5.82 Å². The predicted molar refractivity (Wildman–Crippen MR) is 149 cm³/mol. The van der Waals surface area contributed by atoms with Crippen LogP contribution in [0.1, 0.15) is 27.8 Å². The molecule has 0 N–H and O–H groups in total. The number of esters is 1. The monoisotopic (exact) mass is 545 g/mol. The molecule has 1 amide bonds. The molecule has 0 radical (unpaired) electrons. The fraction of sp³-hybridized carbons (Fsp3) is 0.241. The van der Waals surface area contributed by atoms with Gasteiger partial charge in [0.1, 0.15) is 10.8 Å². The Morgan fingerprint density at radius 3 is 2.44 bits per heavy atom. The summed E-state index contributed by atoms with van der Waals surface area (Å²) >= 11 is 1.47. The van der Waals surface area contributed by atoms with Gasteiger partial charge in [0.15, 0.2) is 5.69 Å². The summed E-state index contributed by atoms with van der Waals surface area (Å²) in [6.45, 7) is 4.59. The normalized spacial score (nSPS) is 13.4. The zero-order valence-electron chi connectivity index (χ0n) is 21.7. The summed E-state index contributed by atoms with van der Waals surface area (Å²) in [7, 11) is 0.